The number of carbonyl (C=O) groups excluding carboxylic acids is 1. The second-order valence-corrected chi connectivity index (χ2v) is 9.22. The number of nitrogens with one attached hydrogen (secondary N) is 1. The summed E-state index contributed by atoms with van der Waals surface area (Å²) in [6.45, 7) is 2.08. The molecule has 3 aromatic rings. The van der Waals surface area contributed by atoms with Gasteiger partial charge < -0.3 is 9.88 Å². The van der Waals surface area contributed by atoms with E-state index in [-0.39, 0.29) is 30.0 Å². The van der Waals surface area contributed by atoms with E-state index in [0.717, 1.165) is 35.1 Å². The number of nitrogens with zero attached hydrogens (tertiary/aromatic N) is 3. The molecule has 2 aliphatic rings. The molecule has 10 heteroatoms. The lowest BCUT2D eigenvalue weighted by atomic mass is 10.2. The van der Waals surface area contributed by atoms with Gasteiger partial charge in [-0.05, 0) is 56.1 Å². The quantitative estimate of drug-likeness (QED) is 0.614. The van der Waals surface area contributed by atoms with Crippen LogP contribution in [0, 0.1) is 0 Å². The van der Waals surface area contributed by atoms with Crippen LogP contribution in [0.1, 0.15) is 76.8 Å². The van der Waals surface area contributed by atoms with Gasteiger partial charge >= 0.3 is 6.18 Å². The van der Waals surface area contributed by atoms with Crippen molar-refractivity contribution in [3.63, 3.8) is 0 Å². The second kappa shape index (κ2) is 7.22. The number of fused-ring (bicyclic) bond motifs is 1. The van der Waals surface area contributed by atoms with Crippen molar-refractivity contribution in [1.82, 2.24) is 19.3 Å². The third-order valence-corrected chi connectivity index (χ3v) is 6.89. The van der Waals surface area contributed by atoms with E-state index in [9.17, 15) is 22.8 Å². The molecular formula is C21H21F3N4O2S. The average Bonchev–Trinajstić information content (AvgIpc) is 3.62. The van der Waals surface area contributed by atoms with Gasteiger partial charge in [0.1, 0.15) is 11.4 Å². The lowest BCUT2D eigenvalue weighted by Crippen LogP contribution is -2.28. The van der Waals surface area contributed by atoms with E-state index >= 15 is 0 Å². The van der Waals surface area contributed by atoms with Gasteiger partial charge in [0.2, 0.25) is 0 Å². The summed E-state index contributed by atoms with van der Waals surface area (Å²) >= 11 is 1.28. The minimum atomic E-state index is -4.49. The summed E-state index contributed by atoms with van der Waals surface area (Å²) in [5.74, 6) is 0.0853. The summed E-state index contributed by atoms with van der Waals surface area (Å²) in [5.41, 5.74) is 0.0495. The SMILES string of the molecule is CCNC(=O)c1c(C2CC2)sc2nc(Cn3cc(C4CC4)cc3C(F)(F)F)cc(=O)n12. The van der Waals surface area contributed by atoms with Gasteiger partial charge in [0.15, 0.2) is 4.96 Å². The maximum absolute atomic E-state index is 13.5. The zero-order valence-corrected chi connectivity index (χ0v) is 17.6. The number of rotatable bonds is 6. The summed E-state index contributed by atoms with van der Waals surface area (Å²) in [4.78, 5) is 31.1. The first kappa shape index (κ1) is 20.3. The molecule has 5 rings (SSSR count). The second-order valence-electron chi connectivity index (χ2n) is 8.21. The van der Waals surface area contributed by atoms with Crippen LogP contribution in [0.3, 0.4) is 0 Å². The van der Waals surface area contributed by atoms with Gasteiger partial charge in [-0.1, -0.05) is 0 Å². The smallest absolute Gasteiger partial charge is 0.351 e. The molecule has 2 aliphatic carbocycles. The molecule has 3 aromatic heterocycles. The Morgan fingerprint density at radius 3 is 2.55 bits per heavy atom. The van der Waals surface area contributed by atoms with Gasteiger partial charge in [-0.3, -0.25) is 9.59 Å². The molecule has 0 radical (unpaired) electrons. The van der Waals surface area contributed by atoms with Crippen LogP contribution in [0.5, 0.6) is 0 Å². The number of hydrogen-bond donors (Lipinski definition) is 1. The first-order valence-electron chi connectivity index (χ1n) is 10.4. The van der Waals surface area contributed by atoms with Gasteiger partial charge in [-0.25, -0.2) is 9.38 Å². The van der Waals surface area contributed by atoms with E-state index in [1.807, 2.05) is 0 Å². The number of alkyl halides is 3. The van der Waals surface area contributed by atoms with E-state index in [0.29, 0.717) is 22.8 Å². The van der Waals surface area contributed by atoms with Crippen molar-refractivity contribution < 1.29 is 18.0 Å². The largest absolute Gasteiger partial charge is 0.431 e. The van der Waals surface area contributed by atoms with Crippen LogP contribution in [-0.2, 0) is 12.7 Å². The number of halogens is 3. The molecule has 2 saturated carbocycles. The van der Waals surface area contributed by atoms with E-state index in [2.05, 4.69) is 10.3 Å². The van der Waals surface area contributed by atoms with E-state index in [1.165, 1.54) is 34.1 Å². The molecule has 0 unspecified atom stereocenters. The van der Waals surface area contributed by atoms with Crippen molar-refractivity contribution in [3.05, 3.63) is 56.2 Å². The highest BCUT2D eigenvalue weighted by Gasteiger charge is 2.37. The van der Waals surface area contributed by atoms with Gasteiger partial charge in [0, 0.05) is 23.7 Å². The summed E-state index contributed by atoms with van der Waals surface area (Å²) in [6.07, 6.45) is 0.726. The summed E-state index contributed by atoms with van der Waals surface area (Å²) in [6, 6.07) is 2.43. The highest BCUT2D eigenvalue weighted by molar-refractivity contribution is 7.17. The zero-order valence-electron chi connectivity index (χ0n) is 16.8. The molecule has 0 atom stereocenters. The third kappa shape index (κ3) is 3.77. The fourth-order valence-corrected chi connectivity index (χ4v) is 5.23. The van der Waals surface area contributed by atoms with Crippen LogP contribution >= 0.6 is 11.3 Å². The van der Waals surface area contributed by atoms with Crippen molar-refractivity contribution in [2.75, 3.05) is 6.54 Å². The number of thiazole rings is 1. The van der Waals surface area contributed by atoms with Crippen molar-refractivity contribution in [1.29, 1.82) is 0 Å². The summed E-state index contributed by atoms with van der Waals surface area (Å²) in [7, 11) is 0. The van der Waals surface area contributed by atoms with E-state index < -0.39 is 17.4 Å². The summed E-state index contributed by atoms with van der Waals surface area (Å²) < 4.78 is 43.1. The first-order chi connectivity index (χ1) is 14.8. The lowest BCUT2D eigenvalue weighted by Gasteiger charge is -2.11. The number of amides is 1. The van der Waals surface area contributed by atoms with Gasteiger partial charge in [0.25, 0.3) is 11.5 Å². The zero-order chi connectivity index (χ0) is 21.9. The molecule has 1 N–H and O–H groups in total. The predicted octanol–water partition coefficient (Wildman–Crippen LogP) is 4.13. The lowest BCUT2D eigenvalue weighted by molar-refractivity contribution is -0.143. The molecule has 2 fully saturated rings. The molecule has 6 nitrogen and oxygen atoms in total. The first-order valence-corrected chi connectivity index (χ1v) is 11.2. The maximum atomic E-state index is 13.5. The highest BCUT2D eigenvalue weighted by atomic mass is 32.1. The van der Waals surface area contributed by atoms with Gasteiger partial charge in [-0.2, -0.15) is 13.2 Å². The van der Waals surface area contributed by atoms with E-state index in [4.69, 9.17) is 0 Å². The summed E-state index contributed by atoms with van der Waals surface area (Å²) in [5, 5.41) is 2.74. The Morgan fingerprint density at radius 1 is 1.23 bits per heavy atom. The molecule has 3 heterocycles. The van der Waals surface area contributed by atoms with Crippen LogP contribution in [0.2, 0.25) is 0 Å². The topological polar surface area (TPSA) is 68.4 Å². The molecule has 0 saturated heterocycles. The van der Waals surface area contributed by atoms with Crippen molar-refractivity contribution in [3.8, 4) is 0 Å². The predicted molar refractivity (Wildman–Crippen MR) is 110 cm³/mol. The van der Waals surface area contributed by atoms with Crippen LogP contribution < -0.4 is 10.9 Å². The Balaban J connectivity index is 1.57. The Morgan fingerprint density at radius 2 is 1.94 bits per heavy atom. The van der Waals surface area contributed by atoms with Crippen LogP contribution in [0.15, 0.2) is 23.1 Å². The van der Waals surface area contributed by atoms with Crippen LogP contribution in [0.4, 0.5) is 13.2 Å². The Kier molecular flexibility index (Phi) is 4.72. The fourth-order valence-electron chi connectivity index (χ4n) is 3.92. The Hall–Kier alpha value is -2.62. The third-order valence-electron chi connectivity index (χ3n) is 5.69. The standard InChI is InChI=1S/C21H21F3N4O2S/c1-2-25-19(30)17-18(12-5-6-12)31-20-26-14(8-16(29)28(17)20)10-27-9-13(11-3-4-11)7-15(27)21(22,23)24/h7-9,11-12H,2-6,10H2,1H3,(H,25,30). The molecular weight excluding hydrogens is 429 g/mol. The van der Waals surface area contributed by atoms with Crippen LogP contribution in [-0.4, -0.2) is 26.4 Å². The van der Waals surface area contributed by atoms with Gasteiger partial charge in [-0.15, -0.1) is 11.3 Å². The Bertz CT molecular complexity index is 1230. The molecule has 0 aromatic carbocycles. The minimum absolute atomic E-state index is 0.152. The van der Waals surface area contributed by atoms with Crippen LogP contribution in [0.25, 0.3) is 4.96 Å². The average molecular weight is 450 g/mol. The monoisotopic (exact) mass is 450 g/mol. The van der Waals surface area contributed by atoms with Gasteiger partial charge in [0.05, 0.1) is 12.2 Å². The number of aromatic nitrogens is 3. The number of carbonyl (C=O) groups is 1. The van der Waals surface area contributed by atoms with Crippen molar-refractivity contribution in [2.45, 2.75) is 57.2 Å². The van der Waals surface area contributed by atoms with Crippen molar-refractivity contribution >= 4 is 22.2 Å². The molecule has 31 heavy (non-hydrogen) atoms. The minimum Gasteiger partial charge on any atom is -0.351 e. The highest BCUT2D eigenvalue weighted by Crippen LogP contribution is 2.45. The molecule has 1 amide bonds. The fraction of sp³-hybridized carbons (Fsp3) is 0.476. The van der Waals surface area contributed by atoms with Crippen molar-refractivity contribution in [2.24, 2.45) is 0 Å². The normalized spacial score (nSPS) is 16.8. The van der Waals surface area contributed by atoms with E-state index in [1.54, 1.807) is 6.92 Å². The molecule has 0 bridgehead atoms. The maximum Gasteiger partial charge on any atom is 0.431 e. The number of hydrogen-bond acceptors (Lipinski definition) is 4. The Labute approximate surface area is 179 Å². The molecule has 164 valence electrons. The molecule has 0 aliphatic heterocycles. The molecule has 0 spiro atoms.